The molecular formula is C63H108O5. The van der Waals surface area contributed by atoms with Crippen molar-refractivity contribution >= 4 is 11.9 Å². The van der Waals surface area contributed by atoms with Crippen LogP contribution in [-0.4, -0.2) is 36.4 Å². The number of hydrogen-bond acceptors (Lipinski definition) is 5. The van der Waals surface area contributed by atoms with Crippen LogP contribution >= 0.6 is 0 Å². The molecule has 1 atom stereocenters. The van der Waals surface area contributed by atoms with Crippen LogP contribution in [0.25, 0.3) is 0 Å². The second kappa shape index (κ2) is 58.1. The molecule has 1 unspecified atom stereocenters. The zero-order chi connectivity index (χ0) is 49.2. The highest BCUT2D eigenvalue weighted by Crippen LogP contribution is 2.16. The highest BCUT2D eigenvalue weighted by Gasteiger charge is 2.16. The Labute approximate surface area is 421 Å². The van der Waals surface area contributed by atoms with Crippen molar-refractivity contribution in [3.63, 3.8) is 0 Å². The number of rotatable bonds is 52. The third-order valence-electron chi connectivity index (χ3n) is 12.4. The van der Waals surface area contributed by atoms with Crippen LogP contribution in [-0.2, 0) is 19.1 Å². The predicted octanol–water partition coefficient (Wildman–Crippen LogP) is 19.5. The highest BCUT2D eigenvalue weighted by atomic mass is 16.6. The Morgan fingerprint density at radius 3 is 0.956 bits per heavy atom. The van der Waals surface area contributed by atoms with Crippen molar-refractivity contribution in [2.45, 2.75) is 277 Å². The lowest BCUT2D eigenvalue weighted by Gasteiger charge is -2.15. The molecule has 5 heteroatoms. The molecule has 0 amide bonds. The zero-order valence-corrected chi connectivity index (χ0v) is 44.6. The number of aliphatic hydroxyl groups excluding tert-OH is 1. The summed E-state index contributed by atoms with van der Waals surface area (Å²) in [7, 11) is 0. The molecule has 0 aromatic carbocycles. The van der Waals surface area contributed by atoms with Crippen LogP contribution in [0.15, 0.2) is 97.2 Å². The van der Waals surface area contributed by atoms with E-state index in [2.05, 4.69) is 111 Å². The molecule has 1 N–H and O–H groups in total. The fourth-order valence-electron chi connectivity index (χ4n) is 8.06. The number of hydrogen-bond donors (Lipinski definition) is 1. The standard InChI is InChI=1S/C63H108O5/c1-3-5-7-9-11-13-15-17-19-21-23-25-27-28-29-30-31-32-33-34-36-37-39-41-43-45-47-49-51-53-55-57-62(65)67-60-61(59-64)68-63(66)58-56-54-52-50-48-46-44-42-40-38-35-26-24-22-20-18-16-14-12-10-8-6-4-2/h6,8,12,14-15,17-18,20-21,23-24,26-28,38,40,61,64H,3-5,7,9-11,13,16,19,22,25,29-37,39,41-60H2,1-2H3/b8-6-,14-12-,17-15-,20-18-,23-21-,26-24-,28-27-,40-38-. The highest BCUT2D eigenvalue weighted by molar-refractivity contribution is 5.70. The quantitative estimate of drug-likeness (QED) is 0.0374. The number of esters is 2. The van der Waals surface area contributed by atoms with Gasteiger partial charge in [0, 0.05) is 12.8 Å². The average Bonchev–Trinajstić information content (AvgIpc) is 3.34. The third-order valence-corrected chi connectivity index (χ3v) is 12.4. The first-order chi connectivity index (χ1) is 33.6. The first-order valence-electron chi connectivity index (χ1n) is 28.8. The number of ether oxygens (including phenoxy) is 2. The molecule has 0 aromatic rings. The van der Waals surface area contributed by atoms with Gasteiger partial charge in [-0.05, 0) is 96.3 Å². The molecule has 0 aliphatic heterocycles. The van der Waals surface area contributed by atoms with Crippen molar-refractivity contribution in [1.82, 2.24) is 0 Å². The lowest BCUT2D eigenvalue weighted by atomic mass is 10.0. The third kappa shape index (κ3) is 55.4. The van der Waals surface area contributed by atoms with Crippen molar-refractivity contribution in [1.29, 1.82) is 0 Å². The Hall–Kier alpha value is -3.18. The Kier molecular flexibility index (Phi) is 55.4. The maximum atomic E-state index is 12.3. The molecule has 0 saturated carbocycles. The molecular weight excluding hydrogens is 837 g/mol. The lowest BCUT2D eigenvalue weighted by molar-refractivity contribution is -0.161. The second-order valence-electron chi connectivity index (χ2n) is 19.0. The fraction of sp³-hybridized carbons (Fsp3) is 0.714. The van der Waals surface area contributed by atoms with Crippen LogP contribution in [0.3, 0.4) is 0 Å². The van der Waals surface area contributed by atoms with E-state index in [0.717, 1.165) is 89.9 Å². The molecule has 0 fully saturated rings. The minimum atomic E-state index is -0.784. The van der Waals surface area contributed by atoms with Gasteiger partial charge in [-0.15, -0.1) is 0 Å². The maximum Gasteiger partial charge on any atom is 0.306 e. The van der Waals surface area contributed by atoms with Crippen molar-refractivity contribution in [3.8, 4) is 0 Å². The molecule has 0 radical (unpaired) electrons. The van der Waals surface area contributed by atoms with E-state index in [9.17, 15) is 14.7 Å². The summed E-state index contributed by atoms with van der Waals surface area (Å²) in [6.07, 6.45) is 82.4. The van der Waals surface area contributed by atoms with Gasteiger partial charge in [-0.1, -0.05) is 259 Å². The Bertz CT molecular complexity index is 1300. The van der Waals surface area contributed by atoms with E-state index < -0.39 is 6.10 Å². The molecule has 0 heterocycles. The molecule has 5 nitrogen and oxygen atoms in total. The summed E-state index contributed by atoms with van der Waals surface area (Å²) in [5.41, 5.74) is 0. The van der Waals surface area contributed by atoms with Crippen LogP contribution in [0.5, 0.6) is 0 Å². The summed E-state index contributed by atoms with van der Waals surface area (Å²) in [6.45, 7) is 4.02. The van der Waals surface area contributed by atoms with Crippen LogP contribution in [0.1, 0.15) is 271 Å². The van der Waals surface area contributed by atoms with Gasteiger partial charge in [0.25, 0.3) is 0 Å². The average molecular weight is 946 g/mol. The van der Waals surface area contributed by atoms with Crippen molar-refractivity contribution in [2.24, 2.45) is 0 Å². The van der Waals surface area contributed by atoms with E-state index in [1.807, 2.05) is 0 Å². The van der Waals surface area contributed by atoms with E-state index in [1.54, 1.807) is 0 Å². The summed E-state index contributed by atoms with van der Waals surface area (Å²) in [5.74, 6) is -0.601. The van der Waals surface area contributed by atoms with Gasteiger partial charge in [0.05, 0.1) is 6.61 Å². The minimum Gasteiger partial charge on any atom is -0.462 e. The van der Waals surface area contributed by atoms with E-state index in [-0.39, 0.29) is 25.2 Å². The predicted molar refractivity (Wildman–Crippen MR) is 297 cm³/mol. The molecule has 0 bridgehead atoms. The summed E-state index contributed by atoms with van der Waals surface area (Å²) in [4.78, 5) is 24.5. The Balaban J connectivity index is 3.51. The number of allylic oxidation sites excluding steroid dienone is 16. The molecule has 390 valence electrons. The number of carbonyl (C=O) groups is 2. The fourth-order valence-corrected chi connectivity index (χ4v) is 8.06. The Morgan fingerprint density at radius 2 is 0.632 bits per heavy atom. The van der Waals surface area contributed by atoms with Gasteiger partial charge in [-0.3, -0.25) is 9.59 Å². The van der Waals surface area contributed by atoms with Crippen LogP contribution in [0.2, 0.25) is 0 Å². The maximum absolute atomic E-state index is 12.3. The largest absolute Gasteiger partial charge is 0.462 e. The normalized spacial score (nSPS) is 12.9. The molecule has 0 aliphatic rings. The first kappa shape index (κ1) is 64.8. The monoisotopic (exact) mass is 945 g/mol. The molecule has 68 heavy (non-hydrogen) atoms. The van der Waals surface area contributed by atoms with Crippen LogP contribution in [0.4, 0.5) is 0 Å². The number of aliphatic hydroxyl groups is 1. The van der Waals surface area contributed by atoms with Gasteiger partial charge in [0.1, 0.15) is 6.61 Å². The summed E-state index contributed by atoms with van der Waals surface area (Å²) < 4.78 is 10.7. The van der Waals surface area contributed by atoms with E-state index in [1.165, 1.54) is 154 Å². The van der Waals surface area contributed by atoms with Gasteiger partial charge < -0.3 is 14.6 Å². The molecule has 0 saturated heterocycles. The summed E-state index contributed by atoms with van der Waals surface area (Å²) in [6, 6.07) is 0. The zero-order valence-electron chi connectivity index (χ0n) is 44.6. The Morgan fingerprint density at radius 1 is 0.353 bits per heavy atom. The van der Waals surface area contributed by atoms with E-state index in [0.29, 0.717) is 12.8 Å². The minimum absolute atomic E-state index is 0.0739. The van der Waals surface area contributed by atoms with Crippen molar-refractivity contribution < 1.29 is 24.2 Å². The molecule has 0 spiro atoms. The molecule has 0 aromatic heterocycles. The number of carbonyl (C=O) groups excluding carboxylic acids is 2. The van der Waals surface area contributed by atoms with Gasteiger partial charge in [0.2, 0.25) is 0 Å². The topological polar surface area (TPSA) is 72.8 Å². The van der Waals surface area contributed by atoms with Crippen molar-refractivity contribution in [2.75, 3.05) is 13.2 Å². The van der Waals surface area contributed by atoms with Gasteiger partial charge in [0.15, 0.2) is 6.10 Å². The van der Waals surface area contributed by atoms with E-state index in [4.69, 9.17) is 9.47 Å². The van der Waals surface area contributed by atoms with E-state index >= 15 is 0 Å². The first-order valence-corrected chi connectivity index (χ1v) is 28.8. The van der Waals surface area contributed by atoms with Gasteiger partial charge >= 0.3 is 11.9 Å². The van der Waals surface area contributed by atoms with Gasteiger partial charge in [-0.2, -0.15) is 0 Å². The smallest absolute Gasteiger partial charge is 0.306 e. The van der Waals surface area contributed by atoms with Crippen LogP contribution in [0, 0.1) is 0 Å². The van der Waals surface area contributed by atoms with Crippen molar-refractivity contribution in [3.05, 3.63) is 97.2 Å². The lowest BCUT2D eigenvalue weighted by Crippen LogP contribution is -2.28. The van der Waals surface area contributed by atoms with Gasteiger partial charge in [-0.25, -0.2) is 0 Å². The SMILES string of the molecule is CC/C=C\C/C=C\C/C=C\C/C=C\C/C=C\CCCCCCCCCC(=O)OC(CO)COC(=O)CCCCCCCCCCCCCCCCCC/C=C\C/C=C\C/C=C\CCCCCCC. The molecule has 0 aliphatic carbocycles. The second-order valence-corrected chi connectivity index (χ2v) is 19.0. The summed E-state index contributed by atoms with van der Waals surface area (Å²) >= 11 is 0. The summed E-state index contributed by atoms with van der Waals surface area (Å²) in [5, 5.41) is 9.66. The number of unbranched alkanes of at least 4 members (excludes halogenated alkanes) is 28. The molecule has 0 rings (SSSR count). The van der Waals surface area contributed by atoms with Crippen LogP contribution < -0.4 is 0 Å².